The molecule has 2 aliphatic heterocycles. The van der Waals surface area contributed by atoms with Gasteiger partial charge in [-0.3, -0.25) is 4.79 Å². The number of carbonyl (C=O) groups is 1. The van der Waals surface area contributed by atoms with Crippen molar-refractivity contribution >= 4 is 11.4 Å². The summed E-state index contributed by atoms with van der Waals surface area (Å²) in [5.41, 5.74) is 2.62. The van der Waals surface area contributed by atoms with E-state index in [0.717, 1.165) is 23.1 Å². The number of aliphatic hydroxyl groups excluding tert-OH is 1. The van der Waals surface area contributed by atoms with Crippen molar-refractivity contribution in [2.75, 3.05) is 13.2 Å². The minimum absolute atomic E-state index is 0.0447. The normalized spacial score (nSPS) is 26.9. The van der Waals surface area contributed by atoms with Gasteiger partial charge in [-0.05, 0) is 44.2 Å². The van der Waals surface area contributed by atoms with Gasteiger partial charge in [-0.25, -0.2) is 0 Å². The van der Waals surface area contributed by atoms with Crippen molar-refractivity contribution in [3.63, 3.8) is 0 Å². The lowest BCUT2D eigenvalue weighted by Gasteiger charge is -2.34. The number of aryl methyl sites for hydroxylation is 2. The number of ether oxygens (including phenoxy) is 2. The molecule has 0 unspecified atom stereocenters. The Balaban J connectivity index is 2.13. The largest absolute Gasteiger partial charge is 0.508 e. The summed E-state index contributed by atoms with van der Waals surface area (Å²) in [6.45, 7) is 6.84. The molecule has 0 aliphatic carbocycles. The SMILES string of the molecule is CCOC[C@]12CC[C@H](O1)C(=O)C(c1ccc(C)cc1CC)=C2O. The summed E-state index contributed by atoms with van der Waals surface area (Å²) in [5, 5.41) is 10.9. The number of fused-ring (bicyclic) bond motifs is 2. The predicted octanol–water partition coefficient (Wildman–Crippen LogP) is 3.36. The minimum Gasteiger partial charge on any atom is -0.508 e. The summed E-state index contributed by atoms with van der Waals surface area (Å²) in [5.74, 6) is -0.0612. The molecule has 3 rings (SSSR count). The second-order valence-electron chi connectivity index (χ2n) is 6.38. The zero-order chi connectivity index (χ0) is 16.6. The number of Topliss-reactive ketones (excluding diaryl/α,β-unsaturated/α-hetero) is 1. The van der Waals surface area contributed by atoms with Gasteiger partial charge in [0.25, 0.3) is 0 Å². The van der Waals surface area contributed by atoms with Crippen molar-refractivity contribution in [1.82, 2.24) is 0 Å². The molecule has 0 radical (unpaired) electrons. The first-order valence-corrected chi connectivity index (χ1v) is 8.35. The second kappa shape index (κ2) is 6.10. The summed E-state index contributed by atoms with van der Waals surface area (Å²) in [6.07, 6.45) is 1.59. The Kier molecular flexibility index (Phi) is 4.30. The molecule has 2 atom stereocenters. The summed E-state index contributed by atoms with van der Waals surface area (Å²) < 4.78 is 11.4. The molecule has 1 saturated heterocycles. The fourth-order valence-corrected chi connectivity index (χ4v) is 3.58. The molecular formula is C19H24O4. The van der Waals surface area contributed by atoms with E-state index in [0.29, 0.717) is 25.0 Å². The fourth-order valence-electron chi connectivity index (χ4n) is 3.58. The quantitative estimate of drug-likeness (QED) is 0.905. The predicted molar refractivity (Wildman–Crippen MR) is 88.4 cm³/mol. The molecule has 1 fully saturated rings. The van der Waals surface area contributed by atoms with Crippen LogP contribution in [-0.4, -0.2) is 35.8 Å². The van der Waals surface area contributed by atoms with Gasteiger partial charge in [-0.15, -0.1) is 0 Å². The van der Waals surface area contributed by atoms with Gasteiger partial charge in [0, 0.05) is 6.61 Å². The van der Waals surface area contributed by atoms with Crippen molar-refractivity contribution in [3.05, 3.63) is 40.6 Å². The maximum absolute atomic E-state index is 12.8. The van der Waals surface area contributed by atoms with E-state index in [2.05, 4.69) is 13.0 Å². The van der Waals surface area contributed by atoms with Crippen LogP contribution in [-0.2, 0) is 20.7 Å². The average Bonchev–Trinajstić information content (AvgIpc) is 2.95. The molecule has 4 nitrogen and oxygen atoms in total. The van der Waals surface area contributed by atoms with E-state index in [1.165, 1.54) is 0 Å². The Morgan fingerprint density at radius 1 is 1.39 bits per heavy atom. The first-order valence-electron chi connectivity index (χ1n) is 8.35. The van der Waals surface area contributed by atoms with E-state index in [1.54, 1.807) is 0 Å². The van der Waals surface area contributed by atoms with Crippen molar-refractivity contribution in [1.29, 1.82) is 0 Å². The van der Waals surface area contributed by atoms with E-state index < -0.39 is 11.7 Å². The highest BCUT2D eigenvalue weighted by Crippen LogP contribution is 2.45. The molecule has 1 N–H and O–H groups in total. The number of rotatable bonds is 5. The highest BCUT2D eigenvalue weighted by Gasteiger charge is 2.53. The molecule has 124 valence electrons. The van der Waals surface area contributed by atoms with Crippen LogP contribution in [0.2, 0.25) is 0 Å². The molecule has 2 aliphatic rings. The van der Waals surface area contributed by atoms with E-state index in [4.69, 9.17) is 9.47 Å². The van der Waals surface area contributed by atoms with Crippen LogP contribution >= 0.6 is 0 Å². The van der Waals surface area contributed by atoms with Gasteiger partial charge in [0.2, 0.25) is 0 Å². The highest BCUT2D eigenvalue weighted by molar-refractivity contribution is 6.25. The van der Waals surface area contributed by atoms with Gasteiger partial charge >= 0.3 is 0 Å². The summed E-state index contributed by atoms with van der Waals surface area (Å²) >= 11 is 0. The van der Waals surface area contributed by atoms with E-state index in [9.17, 15) is 9.90 Å². The molecule has 0 amide bonds. The van der Waals surface area contributed by atoms with Crippen LogP contribution in [0, 0.1) is 6.92 Å². The lowest BCUT2D eigenvalue weighted by molar-refractivity contribution is -0.138. The Labute approximate surface area is 137 Å². The summed E-state index contributed by atoms with van der Waals surface area (Å²) in [4.78, 5) is 12.8. The van der Waals surface area contributed by atoms with Crippen LogP contribution in [0.1, 0.15) is 43.4 Å². The number of ketones is 1. The third-order valence-corrected chi connectivity index (χ3v) is 4.84. The van der Waals surface area contributed by atoms with Gasteiger partial charge in [0.1, 0.15) is 17.5 Å². The van der Waals surface area contributed by atoms with Gasteiger partial charge in [-0.2, -0.15) is 0 Å². The number of aliphatic hydroxyl groups is 1. The van der Waals surface area contributed by atoms with E-state index in [-0.39, 0.29) is 18.1 Å². The number of hydrogen-bond acceptors (Lipinski definition) is 4. The molecule has 4 heteroatoms. The smallest absolute Gasteiger partial charge is 0.195 e. The van der Waals surface area contributed by atoms with Crippen LogP contribution in [0.4, 0.5) is 0 Å². The maximum atomic E-state index is 12.8. The molecule has 0 spiro atoms. The standard InChI is InChI=1S/C19H24O4/c1-4-13-10-12(3)6-7-14(13)16-17(20)15-8-9-19(23-15,18(16)21)11-22-5-2/h6-7,10,15,21H,4-5,8-9,11H2,1-3H3/t15-,19-/m0/s1. The highest BCUT2D eigenvalue weighted by atomic mass is 16.6. The topological polar surface area (TPSA) is 55.8 Å². The van der Waals surface area contributed by atoms with Gasteiger partial charge in [0.15, 0.2) is 5.78 Å². The molecule has 1 aromatic rings. The van der Waals surface area contributed by atoms with Crippen molar-refractivity contribution < 1.29 is 19.4 Å². The van der Waals surface area contributed by atoms with Crippen molar-refractivity contribution in [2.45, 2.75) is 51.7 Å². The Morgan fingerprint density at radius 3 is 2.87 bits per heavy atom. The molecule has 2 bridgehead atoms. The van der Waals surface area contributed by atoms with Crippen LogP contribution in [0.25, 0.3) is 5.57 Å². The minimum atomic E-state index is -0.861. The molecule has 0 aromatic heterocycles. The van der Waals surface area contributed by atoms with Gasteiger partial charge < -0.3 is 14.6 Å². The first kappa shape index (κ1) is 16.2. The van der Waals surface area contributed by atoms with E-state index in [1.807, 2.05) is 26.0 Å². The summed E-state index contributed by atoms with van der Waals surface area (Å²) in [7, 11) is 0. The third-order valence-electron chi connectivity index (χ3n) is 4.84. The van der Waals surface area contributed by atoms with Gasteiger partial charge in [-0.1, -0.05) is 30.7 Å². The lowest BCUT2D eigenvalue weighted by atomic mass is 9.87. The number of benzene rings is 1. The molecule has 1 aromatic carbocycles. The zero-order valence-electron chi connectivity index (χ0n) is 14.0. The Morgan fingerprint density at radius 2 is 2.17 bits per heavy atom. The third kappa shape index (κ3) is 2.60. The lowest BCUT2D eigenvalue weighted by Crippen LogP contribution is -2.43. The maximum Gasteiger partial charge on any atom is 0.195 e. The van der Waals surface area contributed by atoms with Crippen LogP contribution < -0.4 is 0 Å². The Bertz CT molecular complexity index is 661. The van der Waals surface area contributed by atoms with Crippen LogP contribution in [0.5, 0.6) is 0 Å². The number of hydrogen-bond donors (Lipinski definition) is 1. The molecule has 2 heterocycles. The second-order valence-corrected chi connectivity index (χ2v) is 6.38. The average molecular weight is 316 g/mol. The monoisotopic (exact) mass is 316 g/mol. The summed E-state index contributed by atoms with van der Waals surface area (Å²) in [6, 6.07) is 6.00. The first-order chi connectivity index (χ1) is 11.0. The van der Waals surface area contributed by atoms with Crippen LogP contribution in [0.3, 0.4) is 0 Å². The van der Waals surface area contributed by atoms with E-state index >= 15 is 0 Å². The number of carbonyl (C=O) groups excluding carboxylic acids is 1. The zero-order valence-corrected chi connectivity index (χ0v) is 14.0. The molecule has 0 saturated carbocycles. The van der Waals surface area contributed by atoms with Crippen molar-refractivity contribution in [3.8, 4) is 0 Å². The fraction of sp³-hybridized carbons (Fsp3) is 0.526. The van der Waals surface area contributed by atoms with Crippen LogP contribution in [0.15, 0.2) is 24.0 Å². The van der Waals surface area contributed by atoms with Gasteiger partial charge in [0.05, 0.1) is 12.2 Å². The molecule has 23 heavy (non-hydrogen) atoms. The molecular weight excluding hydrogens is 292 g/mol. The van der Waals surface area contributed by atoms with Crippen molar-refractivity contribution in [2.24, 2.45) is 0 Å². The Hall–Kier alpha value is -1.65.